The fraction of sp³-hybridized carbons (Fsp3) is 0.462. The molecule has 0 saturated carbocycles. The van der Waals surface area contributed by atoms with Crippen molar-refractivity contribution in [2.45, 2.75) is 19.1 Å². The van der Waals surface area contributed by atoms with E-state index in [0.29, 0.717) is 21.5 Å². The van der Waals surface area contributed by atoms with E-state index < -0.39 is 18.2 Å². The molecule has 0 aromatic heterocycles. The Hall–Kier alpha value is -1.34. The number of carbonyl (C=O) groups is 1. The minimum atomic E-state index is -1.95. The lowest BCUT2D eigenvalue weighted by atomic mass is 10.0. The van der Waals surface area contributed by atoms with Crippen molar-refractivity contribution in [2.24, 2.45) is 5.73 Å². The van der Waals surface area contributed by atoms with E-state index in [1.165, 1.54) is 20.3 Å². The van der Waals surface area contributed by atoms with Crippen molar-refractivity contribution >= 4 is 21.9 Å². The van der Waals surface area contributed by atoms with Crippen molar-refractivity contribution in [3.8, 4) is 11.5 Å². The highest BCUT2D eigenvalue weighted by Gasteiger charge is 2.30. The highest BCUT2D eigenvalue weighted by Crippen LogP contribution is 2.36. The smallest absolute Gasteiger partial charge is 0.342 e. The second-order valence-corrected chi connectivity index (χ2v) is 4.76. The van der Waals surface area contributed by atoms with E-state index in [0.717, 1.165) is 0 Å². The molecule has 1 aromatic rings. The van der Waals surface area contributed by atoms with Gasteiger partial charge in [0.1, 0.15) is 0 Å². The monoisotopic (exact) mass is 349 g/mol. The molecule has 2 atom stereocenters. The number of nitrogens with two attached hydrogens (primary N) is 1. The summed E-state index contributed by atoms with van der Waals surface area (Å²) >= 11 is 3.27. The number of esters is 1. The molecule has 0 radical (unpaired) electrons. The van der Waals surface area contributed by atoms with Gasteiger partial charge in [0.05, 0.1) is 26.9 Å². The summed E-state index contributed by atoms with van der Waals surface area (Å²) in [4.78, 5) is 11.4. The molecule has 7 heteroatoms. The third-order valence-corrected chi connectivity index (χ3v) is 3.38. The van der Waals surface area contributed by atoms with Gasteiger partial charge >= 0.3 is 5.97 Å². The number of carbonyl (C=O) groups excluding carboxylic acids is 1. The lowest BCUT2D eigenvalue weighted by Crippen LogP contribution is -2.31. The standard InChI is InChI=1S/C13H17BrFNO4/c1-4-20-13(17)11(15)12(16)7-5-9(18-2)10(19-3)6-8(7)14/h5-6,11-12H,4,16H2,1-3H3/t11?,12-/m1/s1. The van der Waals surface area contributed by atoms with Crippen LogP contribution in [-0.2, 0) is 9.53 Å². The fourth-order valence-electron chi connectivity index (χ4n) is 1.65. The maximum atomic E-state index is 14.0. The first kappa shape index (κ1) is 16.7. The van der Waals surface area contributed by atoms with E-state index in [1.54, 1.807) is 13.0 Å². The second-order valence-electron chi connectivity index (χ2n) is 3.91. The Morgan fingerprint density at radius 3 is 2.40 bits per heavy atom. The Bertz CT molecular complexity index is 484. The van der Waals surface area contributed by atoms with Crippen LogP contribution in [-0.4, -0.2) is 33.0 Å². The van der Waals surface area contributed by atoms with Crippen LogP contribution in [0.15, 0.2) is 16.6 Å². The summed E-state index contributed by atoms with van der Waals surface area (Å²) in [5, 5.41) is 0. The van der Waals surface area contributed by atoms with Crippen molar-refractivity contribution in [1.82, 2.24) is 0 Å². The predicted molar refractivity (Wildman–Crippen MR) is 75.7 cm³/mol. The van der Waals surface area contributed by atoms with Crippen molar-refractivity contribution in [3.05, 3.63) is 22.2 Å². The maximum absolute atomic E-state index is 14.0. The summed E-state index contributed by atoms with van der Waals surface area (Å²) in [5.74, 6) is -0.110. The van der Waals surface area contributed by atoms with Gasteiger partial charge in [-0.15, -0.1) is 0 Å². The van der Waals surface area contributed by atoms with E-state index in [9.17, 15) is 9.18 Å². The number of hydrogen-bond acceptors (Lipinski definition) is 5. The number of halogens is 2. The topological polar surface area (TPSA) is 70.8 Å². The van der Waals surface area contributed by atoms with Gasteiger partial charge in [-0.1, -0.05) is 15.9 Å². The number of methoxy groups -OCH3 is 2. The lowest BCUT2D eigenvalue weighted by molar-refractivity contribution is -0.149. The van der Waals surface area contributed by atoms with E-state index in [1.807, 2.05) is 0 Å². The first-order valence-corrected chi connectivity index (χ1v) is 6.73. The zero-order chi connectivity index (χ0) is 15.3. The van der Waals surface area contributed by atoms with Crippen LogP contribution in [0.1, 0.15) is 18.5 Å². The highest BCUT2D eigenvalue weighted by molar-refractivity contribution is 9.10. The molecule has 1 unspecified atom stereocenters. The summed E-state index contributed by atoms with van der Waals surface area (Å²) in [6.45, 7) is 1.70. The Labute approximate surface area is 125 Å². The van der Waals surface area contributed by atoms with Crippen molar-refractivity contribution < 1.29 is 23.4 Å². The Morgan fingerprint density at radius 1 is 1.35 bits per heavy atom. The van der Waals surface area contributed by atoms with E-state index >= 15 is 0 Å². The van der Waals surface area contributed by atoms with Gasteiger partial charge in [-0.2, -0.15) is 0 Å². The average molecular weight is 350 g/mol. The molecule has 0 fully saturated rings. The average Bonchev–Trinajstić information content (AvgIpc) is 2.45. The summed E-state index contributed by atoms with van der Waals surface area (Å²) in [7, 11) is 2.94. The normalized spacial score (nSPS) is 13.5. The van der Waals surface area contributed by atoms with Crippen LogP contribution >= 0.6 is 15.9 Å². The van der Waals surface area contributed by atoms with Gasteiger partial charge in [0, 0.05) is 4.47 Å². The first-order valence-electron chi connectivity index (χ1n) is 5.93. The summed E-state index contributed by atoms with van der Waals surface area (Å²) < 4.78 is 29.4. The number of alkyl halides is 1. The molecule has 0 spiro atoms. The number of ether oxygens (including phenoxy) is 3. The van der Waals surface area contributed by atoms with Crippen LogP contribution in [0, 0.1) is 0 Å². The van der Waals surface area contributed by atoms with E-state index in [2.05, 4.69) is 20.7 Å². The lowest BCUT2D eigenvalue weighted by Gasteiger charge is -2.19. The molecular formula is C13H17BrFNO4. The van der Waals surface area contributed by atoms with Crippen molar-refractivity contribution in [2.75, 3.05) is 20.8 Å². The third-order valence-electron chi connectivity index (χ3n) is 2.69. The molecule has 20 heavy (non-hydrogen) atoms. The Morgan fingerprint density at radius 2 is 1.90 bits per heavy atom. The van der Waals surface area contributed by atoms with Gasteiger partial charge in [-0.25, -0.2) is 9.18 Å². The van der Waals surface area contributed by atoms with Crippen LogP contribution in [0.3, 0.4) is 0 Å². The van der Waals surface area contributed by atoms with Gasteiger partial charge in [0.15, 0.2) is 11.5 Å². The minimum Gasteiger partial charge on any atom is -0.493 e. The highest BCUT2D eigenvalue weighted by atomic mass is 79.9. The van der Waals surface area contributed by atoms with Gasteiger partial charge < -0.3 is 19.9 Å². The number of benzene rings is 1. The summed E-state index contributed by atoms with van der Waals surface area (Å²) in [6, 6.07) is 1.97. The molecule has 5 nitrogen and oxygen atoms in total. The third kappa shape index (κ3) is 3.61. The molecule has 0 aliphatic heterocycles. The van der Waals surface area contributed by atoms with Gasteiger partial charge in [0.25, 0.3) is 0 Å². The maximum Gasteiger partial charge on any atom is 0.342 e. The second kappa shape index (κ2) is 7.44. The Kier molecular flexibility index (Phi) is 6.22. The number of rotatable bonds is 6. The summed E-state index contributed by atoms with van der Waals surface area (Å²) in [5.41, 5.74) is 6.18. The zero-order valence-corrected chi connectivity index (χ0v) is 13.1. The molecule has 1 rings (SSSR count). The SMILES string of the molecule is CCOC(=O)C(F)[C@H](N)c1cc(OC)c(OC)cc1Br. The molecule has 112 valence electrons. The van der Waals surface area contributed by atoms with Crippen LogP contribution in [0.5, 0.6) is 11.5 Å². The van der Waals surface area contributed by atoms with Gasteiger partial charge in [-0.05, 0) is 24.6 Å². The molecule has 2 N–H and O–H groups in total. The van der Waals surface area contributed by atoms with Crippen LogP contribution < -0.4 is 15.2 Å². The molecule has 0 aliphatic carbocycles. The van der Waals surface area contributed by atoms with E-state index in [-0.39, 0.29) is 6.61 Å². The van der Waals surface area contributed by atoms with Crippen LogP contribution in [0.2, 0.25) is 0 Å². The minimum absolute atomic E-state index is 0.0963. The van der Waals surface area contributed by atoms with Gasteiger partial charge in [-0.3, -0.25) is 0 Å². The van der Waals surface area contributed by atoms with Crippen LogP contribution in [0.4, 0.5) is 4.39 Å². The molecule has 0 bridgehead atoms. The van der Waals surface area contributed by atoms with Crippen molar-refractivity contribution in [1.29, 1.82) is 0 Å². The zero-order valence-electron chi connectivity index (χ0n) is 11.5. The van der Waals surface area contributed by atoms with Gasteiger partial charge in [0.2, 0.25) is 6.17 Å². The number of hydrogen-bond donors (Lipinski definition) is 1. The molecule has 1 aromatic carbocycles. The quantitative estimate of drug-likeness (QED) is 0.798. The molecule has 0 saturated heterocycles. The first-order chi connectivity index (χ1) is 9.46. The summed E-state index contributed by atoms with van der Waals surface area (Å²) in [6.07, 6.45) is -1.95. The molecule has 0 heterocycles. The largest absolute Gasteiger partial charge is 0.493 e. The fourth-order valence-corrected chi connectivity index (χ4v) is 2.24. The van der Waals surface area contributed by atoms with E-state index in [4.69, 9.17) is 15.2 Å². The molecular weight excluding hydrogens is 333 g/mol. The molecule has 0 aliphatic rings. The predicted octanol–water partition coefficient (Wildman–Crippen LogP) is 2.37. The molecule has 0 amide bonds. The van der Waals surface area contributed by atoms with Crippen molar-refractivity contribution in [3.63, 3.8) is 0 Å². The Balaban J connectivity index is 3.09. The van der Waals surface area contributed by atoms with Crippen LogP contribution in [0.25, 0.3) is 0 Å².